The van der Waals surface area contributed by atoms with E-state index in [2.05, 4.69) is 10.3 Å². The van der Waals surface area contributed by atoms with Crippen LogP contribution in [0.2, 0.25) is 5.02 Å². The first-order chi connectivity index (χ1) is 8.70. The van der Waals surface area contributed by atoms with E-state index in [4.69, 9.17) is 16.9 Å². The van der Waals surface area contributed by atoms with Gasteiger partial charge in [0, 0.05) is 12.1 Å². The van der Waals surface area contributed by atoms with Gasteiger partial charge in [-0.2, -0.15) is 5.26 Å². The zero-order chi connectivity index (χ0) is 13.0. The lowest BCUT2D eigenvalue weighted by atomic mass is 10.2. The van der Waals surface area contributed by atoms with Gasteiger partial charge in [0.2, 0.25) is 0 Å². The van der Waals surface area contributed by atoms with Crippen molar-refractivity contribution in [1.82, 2.24) is 4.98 Å². The predicted molar refractivity (Wildman–Crippen MR) is 67.7 cm³/mol. The van der Waals surface area contributed by atoms with Crippen LogP contribution in [-0.4, -0.2) is 4.98 Å². The highest BCUT2D eigenvalue weighted by Gasteiger charge is 2.04. The minimum absolute atomic E-state index is 0.148. The molecule has 0 aliphatic heterocycles. The molecule has 0 unspecified atom stereocenters. The number of nitrogens with one attached hydrogen (secondary N) is 1. The summed E-state index contributed by atoms with van der Waals surface area (Å²) in [5.74, 6) is 0.207. The first-order valence-corrected chi connectivity index (χ1v) is 5.62. The second kappa shape index (κ2) is 5.48. The Labute approximate surface area is 109 Å². The average molecular weight is 262 g/mol. The fourth-order valence-electron chi connectivity index (χ4n) is 1.45. The summed E-state index contributed by atoms with van der Waals surface area (Å²) in [5.41, 5.74) is 0.683. The van der Waals surface area contributed by atoms with Gasteiger partial charge in [-0.1, -0.05) is 29.8 Å². The minimum Gasteiger partial charge on any atom is -0.366 e. The van der Waals surface area contributed by atoms with Crippen molar-refractivity contribution in [2.45, 2.75) is 6.54 Å². The van der Waals surface area contributed by atoms with E-state index in [0.29, 0.717) is 22.9 Å². The quantitative estimate of drug-likeness (QED) is 0.922. The normalized spacial score (nSPS) is 9.83. The Morgan fingerprint density at radius 2 is 2.06 bits per heavy atom. The lowest BCUT2D eigenvalue weighted by molar-refractivity contribution is 0.613. The fourth-order valence-corrected chi connectivity index (χ4v) is 1.59. The summed E-state index contributed by atoms with van der Waals surface area (Å²) in [6, 6.07) is 11.6. The molecule has 0 aliphatic rings. The maximum atomic E-state index is 13.4. The van der Waals surface area contributed by atoms with Gasteiger partial charge in [-0.05, 0) is 18.2 Å². The van der Waals surface area contributed by atoms with Gasteiger partial charge in [-0.3, -0.25) is 0 Å². The summed E-state index contributed by atoms with van der Waals surface area (Å²) < 4.78 is 13.4. The number of benzene rings is 1. The number of halogens is 2. The molecular weight excluding hydrogens is 253 g/mol. The average Bonchev–Trinajstić information content (AvgIpc) is 2.39. The first-order valence-electron chi connectivity index (χ1n) is 5.24. The topological polar surface area (TPSA) is 48.7 Å². The second-order valence-electron chi connectivity index (χ2n) is 3.58. The largest absolute Gasteiger partial charge is 0.366 e. The molecule has 0 spiro atoms. The Balaban J connectivity index is 2.12. The molecule has 0 fully saturated rings. The van der Waals surface area contributed by atoms with Crippen LogP contribution >= 0.6 is 11.6 Å². The van der Waals surface area contributed by atoms with Crippen LogP contribution in [0.3, 0.4) is 0 Å². The molecule has 18 heavy (non-hydrogen) atoms. The molecule has 3 nitrogen and oxygen atoms in total. The van der Waals surface area contributed by atoms with Gasteiger partial charge in [0.25, 0.3) is 0 Å². The van der Waals surface area contributed by atoms with Crippen LogP contribution in [0.25, 0.3) is 0 Å². The summed E-state index contributed by atoms with van der Waals surface area (Å²) in [6.45, 7) is 0.298. The Morgan fingerprint density at radius 3 is 2.78 bits per heavy atom. The number of nitrogens with zero attached hydrogens (tertiary/aromatic N) is 2. The molecular formula is C13H9ClFN3. The lowest BCUT2D eigenvalue weighted by Crippen LogP contribution is -2.03. The van der Waals surface area contributed by atoms with Crippen LogP contribution in [0.4, 0.5) is 10.2 Å². The zero-order valence-electron chi connectivity index (χ0n) is 9.32. The van der Waals surface area contributed by atoms with Crippen molar-refractivity contribution in [2.24, 2.45) is 0 Å². The molecule has 5 heteroatoms. The molecule has 0 atom stereocenters. The van der Waals surface area contributed by atoms with Crippen molar-refractivity contribution in [3.8, 4) is 6.07 Å². The van der Waals surface area contributed by atoms with Crippen LogP contribution in [-0.2, 0) is 6.54 Å². The molecule has 0 amide bonds. The first kappa shape index (κ1) is 12.3. The smallest absolute Gasteiger partial charge is 0.161 e. The van der Waals surface area contributed by atoms with Crippen molar-refractivity contribution in [1.29, 1.82) is 5.26 Å². The molecule has 2 aromatic rings. The number of hydrogen-bond donors (Lipinski definition) is 1. The number of anilines is 1. The third-order valence-electron chi connectivity index (χ3n) is 2.37. The number of aromatic nitrogens is 1. The van der Waals surface area contributed by atoms with E-state index >= 15 is 0 Å². The number of pyridine rings is 1. The summed E-state index contributed by atoms with van der Waals surface area (Å²) in [6.07, 6.45) is 0. The molecule has 1 N–H and O–H groups in total. The van der Waals surface area contributed by atoms with Crippen molar-refractivity contribution < 1.29 is 4.39 Å². The summed E-state index contributed by atoms with van der Waals surface area (Å²) in [7, 11) is 0. The third-order valence-corrected chi connectivity index (χ3v) is 2.67. The van der Waals surface area contributed by atoms with E-state index in [1.165, 1.54) is 6.07 Å². The monoisotopic (exact) mass is 261 g/mol. The lowest BCUT2D eigenvalue weighted by Gasteiger charge is -2.07. The minimum atomic E-state index is -0.278. The molecule has 0 saturated heterocycles. The van der Waals surface area contributed by atoms with E-state index in [1.54, 1.807) is 30.3 Å². The third kappa shape index (κ3) is 2.76. The van der Waals surface area contributed by atoms with Gasteiger partial charge in [0.05, 0.1) is 5.02 Å². The van der Waals surface area contributed by atoms with Crippen LogP contribution in [0.1, 0.15) is 11.3 Å². The Bertz CT molecular complexity index is 607. The highest BCUT2D eigenvalue weighted by atomic mass is 35.5. The molecule has 0 saturated carbocycles. The molecule has 0 radical (unpaired) electrons. The van der Waals surface area contributed by atoms with Crippen molar-refractivity contribution in [3.63, 3.8) is 0 Å². The van der Waals surface area contributed by atoms with Crippen molar-refractivity contribution >= 4 is 17.4 Å². The van der Waals surface area contributed by atoms with Gasteiger partial charge in [-0.15, -0.1) is 0 Å². The molecule has 1 aromatic carbocycles. The van der Waals surface area contributed by atoms with Crippen LogP contribution in [0, 0.1) is 17.1 Å². The molecule has 1 aromatic heterocycles. The number of hydrogen-bond acceptors (Lipinski definition) is 3. The Kier molecular flexibility index (Phi) is 3.75. The SMILES string of the molecule is N#Cc1nc(NCc2ccccc2F)ccc1Cl. The van der Waals surface area contributed by atoms with E-state index in [9.17, 15) is 4.39 Å². The Morgan fingerprint density at radius 1 is 1.28 bits per heavy atom. The highest BCUT2D eigenvalue weighted by molar-refractivity contribution is 6.31. The van der Waals surface area contributed by atoms with Gasteiger partial charge in [-0.25, -0.2) is 9.37 Å². The van der Waals surface area contributed by atoms with E-state index in [-0.39, 0.29) is 11.5 Å². The maximum Gasteiger partial charge on any atom is 0.161 e. The van der Waals surface area contributed by atoms with Crippen molar-refractivity contribution in [3.05, 3.63) is 58.5 Å². The fraction of sp³-hybridized carbons (Fsp3) is 0.0769. The maximum absolute atomic E-state index is 13.4. The van der Waals surface area contributed by atoms with E-state index in [1.807, 2.05) is 6.07 Å². The standard InChI is InChI=1S/C13H9ClFN3/c14-10-5-6-13(18-12(10)7-16)17-8-9-3-1-2-4-11(9)15/h1-6H,8H2,(H,17,18). The van der Waals surface area contributed by atoms with Gasteiger partial charge in [0.1, 0.15) is 17.7 Å². The molecule has 90 valence electrons. The number of nitriles is 1. The van der Waals surface area contributed by atoms with Crippen LogP contribution in [0.5, 0.6) is 0 Å². The second-order valence-corrected chi connectivity index (χ2v) is 3.99. The van der Waals surface area contributed by atoms with Gasteiger partial charge < -0.3 is 5.32 Å². The van der Waals surface area contributed by atoms with Crippen LogP contribution < -0.4 is 5.32 Å². The predicted octanol–water partition coefficient (Wildman–Crippen LogP) is 3.36. The zero-order valence-corrected chi connectivity index (χ0v) is 10.1. The Hall–Kier alpha value is -2.12. The molecule has 2 rings (SSSR count). The van der Waals surface area contributed by atoms with E-state index < -0.39 is 0 Å². The molecule has 0 aliphatic carbocycles. The number of rotatable bonds is 3. The summed E-state index contributed by atoms with van der Waals surface area (Å²) >= 11 is 5.77. The summed E-state index contributed by atoms with van der Waals surface area (Å²) in [5, 5.41) is 12.0. The van der Waals surface area contributed by atoms with Gasteiger partial charge >= 0.3 is 0 Å². The highest BCUT2D eigenvalue weighted by Crippen LogP contribution is 2.16. The van der Waals surface area contributed by atoms with Gasteiger partial charge in [0.15, 0.2) is 5.69 Å². The molecule has 0 bridgehead atoms. The summed E-state index contributed by atoms with van der Waals surface area (Å²) in [4.78, 5) is 4.01. The van der Waals surface area contributed by atoms with E-state index in [0.717, 1.165) is 0 Å². The van der Waals surface area contributed by atoms with Crippen molar-refractivity contribution in [2.75, 3.05) is 5.32 Å². The molecule has 1 heterocycles. The van der Waals surface area contributed by atoms with Crippen LogP contribution in [0.15, 0.2) is 36.4 Å².